The molecule has 2 N–H and O–H groups in total. The summed E-state index contributed by atoms with van der Waals surface area (Å²) in [5.41, 5.74) is 7.11. The fourth-order valence-electron chi connectivity index (χ4n) is 2.05. The largest absolute Gasteiger partial charge is 0.444 e. The number of hydrogen-bond acceptors (Lipinski definition) is 6. The summed E-state index contributed by atoms with van der Waals surface area (Å²) in [6, 6.07) is 0. The first-order valence-corrected chi connectivity index (χ1v) is 7.70. The number of nitrogens with zero attached hydrogens (tertiary/aromatic N) is 3. The predicted molar refractivity (Wildman–Crippen MR) is 78.6 cm³/mol. The molecule has 1 aromatic rings. The Hall–Kier alpha value is -1.50. The van der Waals surface area contributed by atoms with Crippen LogP contribution < -0.4 is 5.73 Å². The Morgan fingerprint density at radius 2 is 2.10 bits per heavy atom. The number of nitrogens with two attached hydrogens (primary N) is 1. The molecule has 0 bridgehead atoms. The molecule has 2 heterocycles. The molecule has 0 unspecified atom stereocenters. The lowest BCUT2D eigenvalue weighted by Gasteiger charge is -2.31. The van der Waals surface area contributed by atoms with E-state index >= 15 is 0 Å². The molecule has 110 valence electrons. The van der Waals surface area contributed by atoms with Crippen LogP contribution in [0.3, 0.4) is 0 Å². The van der Waals surface area contributed by atoms with Crippen LogP contribution in [0.25, 0.3) is 0 Å². The second kappa shape index (κ2) is 5.47. The van der Waals surface area contributed by atoms with Gasteiger partial charge in [0.1, 0.15) is 10.6 Å². The zero-order chi connectivity index (χ0) is 14.9. The third-order valence-electron chi connectivity index (χ3n) is 2.88. The van der Waals surface area contributed by atoms with Crippen molar-refractivity contribution in [1.29, 1.82) is 0 Å². The van der Waals surface area contributed by atoms with Crippen molar-refractivity contribution in [3.63, 3.8) is 0 Å². The van der Waals surface area contributed by atoms with E-state index in [-0.39, 0.29) is 6.09 Å². The van der Waals surface area contributed by atoms with Crippen LogP contribution >= 0.6 is 11.8 Å². The Bertz CT molecular complexity index is 511. The summed E-state index contributed by atoms with van der Waals surface area (Å²) in [4.78, 5) is 22.3. The van der Waals surface area contributed by atoms with Crippen molar-refractivity contribution >= 4 is 23.8 Å². The predicted octanol–water partition coefficient (Wildman–Crippen LogP) is 2.07. The fraction of sp³-hybridized carbons (Fsp3) is 0.615. The van der Waals surface area contributed by atoms with Crippen molar-refractivity contribution in [3.05, 3.63) is 11.3 Å². The van der Waals surface area contributed by atoms with Crippen LogP contribution in [-0.4, -0.2) is 39.4 Å². The van der Waals surface area contributed by atoms with E-state index in [9.17, 15) is 4.79 Å². The zero-order valence-corrected chi connectivity index (χ0v) is 13.1. The molecule has 20 heavy (non-hydrogen) atoms. The van der Waals surface area contributed by atoms with E-state index in [0.29, 0.717) is 25.5 Å². The second-order valence-corrected chi connectivity index (χ2v) is 6.46. The Morgan fingerprint density at radius 3 is 2.70 bits per heavy atom. The van der Waals surface area contributed by atoms with Crippen LogP contribution in [0.1, 0.15) is 32.0 Å². The molecular weight excluding hydrogens is 276 g/mol. The first-order valence-electron chi connectivity index (χ1n) is 6.47. The smallest absolute Gasteiger partial charge is 0.410 e. The van der Waals surface area contributed by atoms with Crippen molar-refractivity contribution in [2.24, 2.45) is 0 Å². The van der Waals surface area contributed by atoms with Gasteiger partial charge in [-0.2, -0.15) is 0 Å². The number of aromatic nitrogens is 2. The Balaban J connectivity index is 2.20. The van der Waals surface area contributed by atoms with Gasteiger partial charge in [-0.3, -0.25) is 0 Å². The molecule has 2 rings (SSSR count). The van der Waals surface area contributed by atoms with Gasteiger partial charge in [-0.1, -0.05) is 0 Å². The van der Waals surface area contributed by atoms with E-state index in [1.165, 1.54) is 11.8 Å². The Labute approximate surface area is 123 Å². The quantitative estimate of drug-likeness (QED) is 0.631. The van der Waals surface area contributed by atoms with Gasteiger partial charge in [0, 0.05) is 18.5 Å². The number of ether oxygens (including phenoxy) is 1. The molecule has 1 aliphatic heterocycles. The number of fused-ring (bicyclic) bond motifs is 1. The third kappa shape index (κ3) is 3.33. The normalized spacial score (nSPS) is 14.9. The highest BCUT2D eigenvalue weighted by Gasteiger charge is 2.28. The maximum absolute atomic E-state index is 12.1. The van der Waals surface area contributed by atoms with E-state index in [2.05, 4.69) is 9.97 Å². The average Bonchev–Trinajstić information content (AvgIpc) is 2.35. The Kier molecular flexibility index (Phi) is 4.08. The van der Waals surface area contributed by atoms with Gasteiger partial charge in [-0.25, -0.2) is 14.8 Å². The van der Waals surface area contributed by atoms with Gasteiger partial charge < -0.3 is 15.4 Å². The maximum Gasteiger partial charge on any atom is 0.410 e. The third-order valence-corrected chi connectivity index (χ3v) is 3.61. The van der Waals surface area contributed by atoms with Crippen molar-refractivity contribution in [2.75, 3.05) is 18.5 Å². The van der Waals surface area contributed by atoms with Crippen LogP contribution in [0, 0.1) is 0 Å². The Morgan fingerprint density at radius 1 is 1.40 bits per heavy atom. The lowest BCUT2D eigenvalue weighted by Crippen LogP contribution is -2.40. The first kappa shape index (κ1) is 14.9. The standard InChI is InChI=1S/C13H20N4O2S/c1-13(2,3)19-12(18)17-6-5-9-8(7-17)10(20-4)16-11(14)15-9/h5-7H2,1-4H3,(H2,14,15,16). The first-order chi connectivity index (χ1) is 9.30. The number of rotatable bonds is 1. The van der Waals surface area contributed by atoms with Crippen molar-refractivity contribution in [1.82, 2.24) is 14.9 Å². The lowest BCUT2D eigenvalue weighted by molar-refractivity contribution is 0.0220. The molecule has 0 saturated carbocycles. The van der Waals surface area contributed by atoms with Crippen LogP contribution in [0.4, 0.5) is 10.7 Å². The molecule has 0 aliphatic carbocycles. The van der Waals surface area contributed by atoms with E-state index < -0.39 is 5.60 Å². The van der Waals surface area contributed by atoms with Gasteiger partial charge in [0.25, 0.3) is 0 Å². The van der Waals surface area contributed by atoms with Gasteiger partial charge in [-0.05, 0) is 27.0 Å². The van der Waals surface area contributed by atoms with Crippen molar-refractivity contribution < 1.29 is 9.53 Å². The lowest BCUT2D eigenvalue weighted by atomic mass is 10.1. The van der Waals surface area contributed by atoms with Gasteiger partial charge in [0.2, 0.25) is 5.95 Å². The SMILES string of the molecule is CSc1nc(N)nc2c1CN(C(=O)OC(C)(C)C)CC2. The molecule has 0 spiro atoms. The second-order valence-electron chi connectivity index (χ2n) is 5.67. The molecule has 1 aliphatic rings. The minimum atomic E-state index is -0.489. The summed E-state index contributed by atoms with van der Waals surface area (Å²) < 4.78 is 5.40. The molecule has 0 atom stereocenters. The number of anilines is 1. The minimum Gasteiger partial charge on any atom is -0.444 e. The molecule has 0 radical (unpaired) electrons. The fourth-order valence-corrected chi connectivity index (χ4v) is 2.67. The number of hydrogen-bond donors (Lipinski definition) is 1. The summed E-state index contributed by atoms with van der Waals surface area (Å²) in [6.07, 6.45) is 2.32. The summed E-state index contributed by atoms with van der Waals surface area (Å²) in [5, 5.41) is 0.834. The van der Waals surface area contributed by atoms with Crippen LogP contribution in [0.5, 0.6) is 0 Å². The van der Waals surface area contributed by atoms with E-state index in [4.69, 9.17) is 10.5 Å². The van der Waals surface area contributed by atoms with E-state index in [0.717, 1.165) is 16.3 Å². The van der Waals surface area contributed by atoms with Crippen LogP contribution in [0.2, 0.25) is 0 Å². The average molecular weight is 296 g/mol. The van der Waals surface area contributed by atoms with Gasteiger partial charge in [0.05, 0.1) is 12.2 Å². The molecule has 1 aromatic heterocycles. The molecule has 0 saturated heterocycles. The zero-order valence-electron chi connectivity index (χ0n) is 12.3. The topological polar surface area (TPSA) is 81.3 Å². The number of nitrogen functional groups attached to an aromatic ring is 1. The highest BCUT2D eigenvalue weighted by atomic mass is 32.2. The van der Waals surface area contributed by atoms with Gasteiger partial charge in [0.15, 0.2) is 0 Å². The molecular formula is C13H20N4O2S. The number of carbonyl (C=O) groups is 1. The minimum absolute atomic E-state index is 0.291. The van der Waals surface area contributed by atoms with Gasteiger partial charge in [-0.15, -0.1) is 11.8 Å². The highest BCUT2D eigenvalue weighted by Crippen LogP contribution is 2.27. The van der Waals surface area contributed by atoms with E-state index in [1.54, 1.807) is 4.90 Å². The van der Waals surface area contributed by atoms with Crippen molar-refractivity contribution in [3.8, 4) is 0 Å². The molecule has 0 fully saturated rings. The number of amides is 1. The summed E-state index contributed by atoms with van der Waals surface area (Å²) in [6.45, 7) is 6.65. The molecule has 7 heteroatoms. The van der Waals surface area contributed by atoms with E-state index in [1.807, 2.05) is 27.0 Å². The molecule has 0 aromatic carbocycles. The molecule has 6 nitrogen and oxygen atoms in total. The summed E-state index contributed by atoms with van der Waals surface area (Å²) >= 11 is 1.51. The number of carbonyl (C=O) groups excluding carboxylic acids is 1. The van der Waals surface area contributed by atoms with Gasteiger partial charge >= 0.3 is 6.09 Å². The van der Waals surface area contributed by atoms with Crippen molar-refractivity contribution in [2.45, 2.75) is 44.4 Å². The summed E-state index contributed by atoms with van der Waals surface area (Å²) in [5.74, 6) is 0.291. The van der Waals surface area contributed by atoms with Crippen LogP contribution in [0.15, 0.2) is 5.03 Å². The maximum atomic E-state index is 12.1. The monoisotopic (exact) mass is 296 g/mol. The highest BCUT2D eigenvalue weighted by molar-refractivity contribution is 7.98. The van der Waals surface area contributed by atoms with Crippen LogP contribution in [-0.2, 0) is 17.7 Å². The molecule has 1 amide bonds. The summed E-state index contributed by atoms with van der Waals surface area (Å²) in [7, 11) is 0. The number of thioether (sulfide) groups is 1.